The zero-order chi connectivity index (χ0) is 50.6. The summed E-state index contributed by atoms with van der Waals surface area (Å²) in [7, 11) is 0. The molecule has 0 saturated heterocycles. The highest BCUT2D eigenvalue weighted by Crippen LogP contribution is 2.36. The van der Waals surface area contributed by atoms with Crippen molar-refractivity contribution >= 4 is 53.6 Å². The Balaban J connectivity index is 1.66. The maximum atomic E-state index is 14.5. The predicted octanol–water partition coefficient (Wildman–Crippen LogP) is 3.44. The average molecular weight is 957 g/mol. The van der Waals surface area contributed by atoms with Crippen molar-refractivity contribution in [2.24, 2.45) is 0 Å². The number of aliphatic hydroxyl groups is 1. The molecular weight excluding hydrogens is 905 g/mol. The largest absolute Gasteiger partial charge is 0.459 e. The van der Waals surface area contributed by atoms with Gasteiger partial charge >= 0.3 is 41.8 Å². The van der Waals surface area contributed by atoms with E-state index in [1.54, 1.807) is 35.2 Å². The number of esters is 7. The first-order valence-corrected chi connectivity index (χ1v) is 21.2. The number of hydrogen-bond donors (Lipinski definition) is 3. The summed E-state index contributed by atoms with van der Waals surface area (Å²) in [5.41, 5.74) is 0.356. The fourth-order valence-corrected chi connectivity index (χ4v) is 6.44. The first-order valence-electron chi connectivity index (χ1n) is 21.2. The number of benzene rings is 4. The number of nitrogens with zero attached hydrogens (tertiary/aromatic N) is 2. The van der Waals surface area contributed by atoms with Crippen molar-refractivity contribution in [1.29, 1.82) is 0 Å². The lowest BCUT2D eigenvalue weighted by atomic mass is 10.1. The van der Waals surface area contributed by atoms with Gasteiger partial charge < -0.3 is 48.5 Å². The van der Waals surface area contributed by atoms with Gasteiger partial charge in [0.1, 0.15) is 19.4 Å². The molecule has 0 heterocycles. The van der Waals surface area contributed by atoms with Gasteiger partial charge in [0.05, 0.1) is 11.1 Å². The maximum Gasteiger partial charge on any atom is 0.325 e. The molecule has 0 bridgehead atoms. The summed E-state index contributed by atoms with van der Waals surface area (Å²) in [6.07, 6.45) is -1.50. The number of ether oxygens (including phenoxy) is 7. The van der Waals surface area contributed by atoms with Crippen molar-refractivity contribution in [1.82, 2.24) is 20.4 Å². The summed E-state index contributed by atoms with van der Waals surface area (Å²) < 4.78 is 37.0. The summed E-state index contributed by atoms with van der Waals surface area (Å²) in [4.78, 5) is 116. The molecule has 4 rings (SSSR count). The molecule has 69 heavy (non-hydrogen) atoms. The first-order chi connectivity index (χ1) is 32.8. The lowest BCUT2D eigenvalue weighted by Gasteiger charge is -2.28. The fraction of sp³-hybridized carbons (Fsp3) is 0.312. The summed E-state index contributed by atoms with van der Waals surface area (Å²) in [6, 6.07) is 21.2. The van der Waals surface area contributed by atoms with Gasteiger partial charge in [-0.3, -0.25) is 53.4 Å². The van der Waals surface area contributed by atoms with Crippen molar-refractivity contribution in [3.63, 3.8) is 0 Å². The molecule has 366 valence electrons. The van der Waals surface area contributed by atoms with Crippen molar-refractivity contribution in [3.05, 3.63) is 107 Å². The van der Waals surface area contributed by atoms with E-state index < -0.39 is 66.4 Å². The van der Waals surface area contributed by atoms with Gasteiger partial charge in [-0.15, -0.1) is 0 Å². The van der Waals surface area contributed by atoms with Gasteiger partial charge in [0.25, 0.3) is 11.8 Å². The SMILES string of the molecule is CC(=O)Oc1cccc(C(=O)NCCN(CCNC(O)c2cccc(OC(C)=O)c2OC(C)=O)CCN(CC(=O)OCc2ccccc2)C(=O)c2cccc(OC(C)=O)c2OC(C)=O)c1OC(C)=O. The number of hydrogen-bond acceptors (Lipinski definition) is 19. The molecule has 0 fully saturated rings. The van der Waals surface area contributed by atoms with Crippen LogP contribution in [0.15, 0.2) is 84.9 Å². The van der Waals surface area contributed by atoms with Gasteiger partial charge in [0.15, 0.2) is 34.5 Å². The van der Waals surface area contributed by atoms with E-state index in [4.69, 9.17) is 33.2 Å². The van der Waals surface area contributed by atoms with Crippen LogP contribution < -0.4 is 39.1 Å². The van der Waals surface area contributed by atoms with Crippen LogP contribution >= 0.6 is 0 Å². The molecule has 2 amide bonds. The van der Waals surface area contributed by atoms with Crippen LogP contribution in [0, 0.1) is 0 Å². The van der Waals surface area contributed by atoms with E-state index in [2.05, 4.69) is 10.6 Å². The van der Waals surface area contributed by atoms with Crippen molar-refractivity contribution in [3.8, 4) is 34.5 Å². The molecule has 0 saturated carbocycles. The normalized spacial score (nSPS) is 11.1. The zero-order valence-corrected chi connectivity index (χ0v) is 38.7. The number of para-hydroxylation sites is 3. The molecule has 0 aromatic heterocycles. The van der Waals surface area contributed by atoms with Crippen LogP contribution in [0.1, 0.15) is 79.6 Å². The van der Waals surface area contributed by atoms with Gasteiger partial charge in [0, 0.05) is 86.4 Å². The molecule has 4 aromatic rings. The number of carbonyl (C=O) groups is 9. The first kappa shape index (κ1) is 53.6. The third-order valence-corrected chi connectivity index (χ3v) is 9.25. The van der Waals surface area contributed by atoms with Gasteiger partial charge in [-0.2, -0.15) is 0 Å². The van der Waals surface area contributed by atoms with E-state index in [0.717, 1.165) is 46.4 Å². The topological polar surface area (TPSA) is 269 Å². The molecule has 21 nitrogen and oxygen atoms in total. The summed E-state index contributed by atoms with van der Waals surface area (Å²) in [5.74, 6) is -8.33. The van der Waals surface area contributed by atoms with Crippen LogP contribution in [0.25, 0.3) is 0 Å². The Labute approximate surface area is 396 Å². The molecule has 1 unspecified atom stereocenters. The van der Waals surface area contributed by atoms with Crippen LogP contribution in [0.3, 0.4) is 0 Å². The van der Waals surface area contributed by atoms with Gasteiger partial charge in [-0.05, 0) is 35.9 Å². The van der Waals surface area contributed by atoms with E-state index in [-0.39, 0.29) is 97.1 Å². The fourth-order valence-electron chi connectivity index (χ4n) is 6.44. The van der Waals surface area contributed by atoms with Crippen LogP contribution in [0.2, 0.25) is 0 Å². The monoisotopic (exact) mass is 956 g/mol. The molecule has 0 aliphatic carbocycles. The maximum absolute atomic E-state index is 14.5. The Kier molecular flexibility index (Phi) is 20.5. The van der Waals surface area contributed by atoms with Crippen LogP contribution in [-0.4, -0.2) is 114 Å². The third-order valence-electron chi connectivity index (χ3n) is 9.25. The van der Waals surface area contributed by atoms with Crippen LogP contribution in [0.5, 0.6) is 34.5 Å². The minimum Gasteiger partial charge on any atom is -0.459 e. The Hall–Kier alpha value is -8.01. The second kappa shape index (κ2) is 26.4. The standard InChI is InChI=1S/C48H52N4O17/c1-29(53)64-39-18-10-15-36(43(39)67-32(4)56)46(60)49-21-23-51(24-22-50-47(61)37-16-11-19-40(65-30(2)54)44(37)68-33(5)57)25-26-52(27-42(59)63-28-35-13-8-7-9-14-35)48(62)38-17-12-20-41(66-31(3)55)45(38)69-34(6)58/h7-20,46,49,60H,21-28H2,1-6H3,(H,50,61). The Morgan fingerprint density at radius 3 is 1.55 bits per heavy atom. The van der Waals surface area contributed by atoms with Gasteiger partial charge in [-0.25, -0.2) is 0 Å². The molecule has 21 heteroatoms. The highest BCUT2D eigenvalue weighted by atomic mass is 16.6. The molecule has 0 aliphatic rings. The number of carbonyl (C=O) groups excluding carboxylic acids is 9. The minimum absolute atomic E-state index is 0.0124. The third kappa shape index (κ3) is 17.3. The zero-order valence-electron chi connectivity index (χ0n) is 38.7. The Morgan fingerprint density at radius 2 is 1.00 bits per heavy atom. The molecule has 3 N–H and O–H groups in total. The lowest BCUT2D eigenvalue weighted by Crippen LogP contribution is -2.45. The highest BCUT2D eigenvalue weighted by Gasteiger charge is 2.28. The molecule has 0 radical (unpaired) electrons. The Morgan fingerprint density at radius 1 is 0.522 bits per heavy atom. The van der Waals surface area contributed by atoms with Gasteiger partial charge in [0.2, 0.25) is 0 Å². The molecule has 1 atom stereocenters. The summed E-state index contributed by atoms with van der Waals surface area (Å²) in [5, 5.41) is 16.9. The smallest absolute Gasteiger partial charge is 0.325 e. The highest BCUT2D eigenvalue weighted by molar-refractivity contribution is 6.00. The minimum atomic E-state index is -1.50. The number of amides is 2. The summed E-state index contributed by atoms with van der Waals surface area (Å²) >= 11 is 0. The van der Waals surface area contributed by atoms with Crippen LogP contribution in [-0.2, 0) is 44.9 Å². The molecule has 0 aliphatic heterocycles. The second-order valence-corrected chi connectivity index (χ2v) is 14.8. The quantitative estimate of drug-likeness (QED) is 0.0546. The number of nitrogens with one attached hydrogen (secondary N) is 2. The molecule has 4 aromatic carbocycles. The average Bonchev–Trinajstić information content (AvgIpc) is 3.27. The van der Waals surface area contributed by atoms with E-state index in [9.17, 15) is 48.3 Å². The second-order valence-electron chi connectivity index (χ2n) is 14.8. The molecule has 0 spiro atoms. The van der Waals surface area contributed by atoms with Crippen LogP contribution in [0.4, 0.5) is 0 Å². The predicted molar refractivity (Wildman–Crippen MR) is 241 cm³/mol. The molecular formula is C48H52N4O17. The van der Waals surface area contributed by atoms with Crippen molar-refractivity contribution in [2.75, 3.05) is 45.8 Å². The van der Waals surface area contributed by atoms with E-state index in [0.29, 0.717) is 5.56 Å². The van der Waals surface area contributed by atoms with E-state index in [1.165, 1.54) is 54.6 Å². The van der Waals surface area contributed by atoms with Crippen molar-refractivity contribution < 1.29 is 81.4 Å². The summed E-state index contributed by atoms with van der Waals surface area (Å²) in [6.45, 7) is 5.75. The lowest BCUT2D eigenvalue weighted by molar-refractivity contribution is -0.146. The van der Waals surface area contributed by atoms with E-state index >= 15 is 0 Å². The van der Waals surface area contributed by atoms with E-state index in [1.807, 2.05) is 0 Å². The van der Waals surface area contributed by atoms with Crippen molar-refractivity contribution in [2.45, 2.75) is 54.4 Å². The Bertz CT molecular complexity index is 2530. The number of aliphatic hydroxyl groups excluding tert-OH is 1. The number of rotatable bonds is 23. The van der Waals surface area contributed by atoms with Gasteiger partial charge in [-0.1, -0.05) is 54.6 Å².